The first-order valence-electron chi connectivity index (χ1n) is 4.91. The predicted octanol–water partition coefficient (Wildman–Crippen LogP) is 3.09. The zero-order valence-corrected chi connectivity index (χ0v) is 8.79. The number of carbonyl (C=O) groups is 1. The molecule has 13 heavy (non-hydrogen) atoms. The summed E-state index contributed by atoms with van der Waals surface area (Å²) in [4.78, 5) is 10.4. The Hall–Kier alpha value is -0.790. The van der Waals surface area contributed by atoms with Crippen LogP contribution < -0.4 is 0 Å². The van der Waals surface area contributed by atoms with Crippen LogP contribution in [-0.4, -0.2) is 11.1 Å². The molecule has 1 atom stereocenters. The van der Waals surface area contributed by atoms with Crippen molar-refractivity contribution < 1.29 is 9.90 Å². The Labute approximate surface area is 80.7 Å². The van der Waals surface area contributed by atoms with E-state index in [-0.39, 0.29) is 5.92 Å². The van der Waals surface area contributed by atoms with E-state index in [0.29, 0.717) is 6.42 Å². The number of carboxylic acid groups (broad SMARTS) is 1. The Morgan fingerprint density at radius 2 is 1.92 bits per heavy atom. The molecule has 2 heteroatoms. The normalized spacial score (nSPS) is 13.8. The largest absolute Gasteiger partial charge is 0.481 e. The molecule has 1 N–H and O–H groups in total. The summed E-state index contributed by atoms with van der Waals surface area (Å²) in [5, 5.41) is 8.59. The molecule has 0 aromatic rings. The zero-order chi connectivity index (χ0) is 10.3. The first kappa shape index (κ1) is 12.2. The second kappa shape index (κ2) is 6.70. The van der Waals surface area contributed by atoms with Crippen molar-refractivity contribution in [3.63, 3.8) is 0 Å². The molecule has 0 fully saturated rings. The van der Waals surface area contributed by atoms with Gasteiger partial charge in [0.2, 0.25) is 0 Å². The molecule has 0 aliphatic rings. The molecule has 1 unspecified atom stereocenters. The molecule has 0 bridgehead atoms. The van der Waals surface area contributed by atoms with Gasteiger partial charge in [0.15, 0.2) is 0 Å². The molecule has 0 rings (SSSR count). The Morgan fingerprint density at radius 1 is 1.31 bits per heavy atom. The van der Waals surface area contributed by atoms with Crippen LogP contribution in [0.2, 0.25) is 0 Å². The van der Waals surface area contributed by atoms with Gasteiger partial charge in [0, 0.05) is 0 Å². The summed E-state index contributed by atoms with van der Waals surface area (Å²) in [6, 6.07) is 0. The van der Waals surface area contributed by atoms with E-state index in [0.717, 1.165) is 12.3 Å². The molecular weight excluding hydrogens is 164 g/mol. The Morgan fingerprint density at radius 3 is 2.38 bits per heavy atom. The van der Waals surface area contributed by atoms with E-state index >= 15 is 0 Å². The molecule has 0 aliphatic heterocycles. The van der Waals surface area contributed by atoms with E-state index in [1.54, 1.807) is 6.92 Å². The van der Waals surface area contributed by atoms with Gasteiger partial charge in [-0.15, -0.1) is 0 Å². The van der Waals surface area contributed by atoms with Gasteiger partial charge in [-0.25, -0.2) is 0 Å². The highest BCUT2D eigenvalue weighted by molar-refractivity contribution is 5.69. The van der Waals surface area contributed by atoms with Gasteiger partial charge in [0.05, 0.1) is 5.92 Å². The SMILES string of the molecule is CC(C)CC/C=C\CC(C)C(=O)O. The summed E-state index contributed by atoms with van der Waals surface area (Å²) in [5.74, 6) is -0.245. The van der Waals surface area contributed by atoms with Gasteiger partial charge in [0.25, 0.3) is 0 Å². The van der Waals surface area contributed by atoms with Crippen LogP contribution in [-0.2, 0) is 4.79 Å². The van der Waals surface area contributed by atoms with Crippen LogP contribution in [0.25, 0.3) is 0 Å². The molecule has 0 heterocycles. The molecule has 0 aromatic carbocycles. The van der Waals surface area contributed by atoms with Crippen molar-refractivity contribution in [1.29, 1.82) is 0 Å². The first-order valence-corrected chi connectivity index (χ1v) is 4.91. The van der Waals surface area contributed by atoms with Crippen LogP contribution in [0.4, 0.5) is 0 Å². The van der Waals surface area contributed by atoms with E-state index < -0.39 is 5.97 Å². The number of hydrogen-bond acceptors (Lipinski definition) is 1. The Kier molecular flexibility index (Phi) is 6.29. The van der Waals surface area contributed by atoms with Crippen LogP contribution in [0.5, 0.6) is 0 Å². The van der Waals surface area contributed by atoms with E-state index in [1.807, 2.05) is 6.08 Å². The Balaban J connectivity index is 3.46. The van der Waals surface area contributed by atoms with E-state index in [2.05, 4.69) is 19.9 Å². The van der Waals surface area contributed by atoms with Crippen LogP contribution >= 0.6 is 0 Å². The standard InChI is InChI=1S/C11H20O2/c1-9(2)7-5-4-6-8-10(3)11(12)13/h4,6,9-10H,5,7-8H2,1-3H3,(H,12,13)/b6-4-. The average Bonchev–Trinajstić information content (AvgIpc) is 2.02. The lowest BCUT2D eigenvalue weighted by Crippen LogP contribution is -2.07. The monoisotopic (exact) mass is 184 g/mol. The lowest BCUT2D eigenvalue weighted by Gasteiger charge is -2.01. The third kappa shape index (κ3) is 7.57. The minimum absolute atomic E-state index is 0.254. The van der Waals surface area contributed by atoms with Crippen molar-refractivity contribution in [3.05, 3.63) is 12.2 Å². The lowest BCUT2D eigenvalue weighted by molar-refractivity contribution is -0.140. The zero-order valence-electron chi connectivity index (χ0n) is 8.79. The van der Waals surface area contributed by atoms with Gasteiger partial charge in [-0.05, 0) is 25.2 Å². The summed E-state index contributed by atoms with van der Waals surface area (Å²) in [7, 11) is 0. The van der Waals surface area contributed by atoms with Gasteiger partial charge in [-0.1, -0.05) is 32.9 Å². The maximum Gasteiger partial charge on any atom is 0.306 e. The predicted molar refractivity (Wildman–Crippen MR) is 54.6 cm³/mol. The van der Waals surface area contributed by atoms with Gasteiger partial charge >= 0.3 is 5.97 Å². The van der Waals surface area contributed by atoms with Crippen molar-refractivity contribution in [3.8, 4) is 0 Å². The smallest absolute Gasteiger partial charge is 0.306 e. The summed E-state index contributed by atoms with van der Waals surface area (Å²) in [5.41, 5.74) is 0. The lowest BCUT2D eigenvalue weighted by atomic mass is 10.1. The highest BCUT2D eigenvalue weighted by Gasteiger charge is 2.07. The van der Waals surface area contributed by atoms with Crippen LogP contribution in [0.3, 0.4) is 0 Å². The number of carboxylic acids is 1. The molecule has 76 valence electrons. The fraction of sp³-hybridized carbons (Fsp3) is 0.727. The molecule has 0 radical (unpaired) electrons. The fourth-order valence-electron chi connectivity index (χ4n) is 0.949. The van der Waals surface area contributed by atoms with Crippen molar-refractivity contribution in [2.24, 2.45) is 11.8 Å². The summed E-state index contributed by atoms with van der Waals surface area (Å²) < 4.78 is 0. The molecular formula is C11H20O2. The second-order valence-corrected chi connectivity index (χ2v) is 3.92. The van der Waals surface area contributed by atoms with Gasteiger partial charge < -0.3 is 5.11 Å². The van der Waals surface area contributed by atoms with Crippen LogP contribution in [0.1, 0.15) is 40.0 Å². The molecule has 0 saturated heterocycles. The maximum absolute atomic E-state index is 10.4. The van der Waals surface area contributed by atoms with Crippen molar-refractivity contribution in [2.45, 2.75) is 40.0 Å². The topological polar surface area (TPSA) is 37.3 Å². The molecule has 2 nitrogen and oxygen atoms in total. The van der Waals surface area contributed by atoms with Crippen molar-refractivity contribution in [2.75, 3.05) is 0 Å². The number of hydrogen-bond donors (Lipinski definition) is 1. The maximum atomic E-state index is 10.4. The van der Waals surface area contributed by atoms with Crippen molar-refractivity contribution in [1.82, 2.24) is 0 Å². The Bertz CT molecular complexity index is 171. The molecule has 0 amide bonds. The van der Waals surface area contributed by atoms with Crippen molar-refractivity contribution >= 4 is 5.97 Å². The third-order valence-corrected chi connectivity index (χ3v) is 1.99. The quantitative estimate of drug-likeness (QED) is 0.644. The second-order valence-electron chi connectivity index (χ2n) is 3.92. The highest BCUT2D eigenvalue weighted by Crippen LogP contribution is 2.06. The fourth-order valence-corrected chi connectivity index (χ4v) is 0.949. The first-order chi connectivity index (χ1) is 6.04. The molecule has 0 saturated carbocycles. The third-order valence-electron chi connectivity index (χ3n) is 1.99. The van der Waals surface area contributed by atoms with E-state index in [1.165, 1.54) is 6.42 Å². The van der Waals surface area contributed by atoms with E-state index in [9.17, 15) is 4.79 Å². The summed E-state index contributed by atoms with van der Waals surface area (Å²) >= 11 is 0. The number of allylic oxidation sites excluding steroid dienone is 2. The average molecular weight is 184 g/mol. The van der Waals surface area contributed by atoms with Gasteiger partial charge in [-0.2, -0.15) is 0 Å². The molecule has 0 aliphatic carbocycles. The molecule has 0 aromatic heterocycles. The minimum atomic E-state index is -0.714. The van der Waals surface area contributed by atoms with Crippen LogP contribution in [0.15, 0.2) is 12.2 Å². The summed E-state index contributed by atoms with van der Waals surface area (Å²) in [6.07, 6.45) is 6.94. The van der Waals surface area contributed by atoms with Gasteiger partial charge in [-0.3, -0.25) is 4.79 Å². The molecule has 0 spiro atoms. The van der Waals surface area contributed by atoms with Crippen LogP contribution in [0, 0.1) is 11.8 Å². The number of rotatable bonds is 6. The number of aliphatic carboxylic acids is 1. The summed E-state index contributed by atoms with van der Waals surface area (Å²) in [6.45, 7) is 6.11. The highest BCUT2D eigenvalue weighted by atomic mass is 16.4. The minimum Gasteiger partial charge on any atom is -0.481 e. The van der Waals surface area contributed by atoms with E-state index in [4.69, 9.17) is 5.11 Å². The van der Waals surface area contributed by atoms with Gasteiger partial charge in [0.1, 0.15) is 0 Å².